The van der Waals surface area contributed by atoms with E-state index in [0.29, 0.717) is 0 Å². The lowest BCUT2D eigenvalue weighted by Gasteiger charge is -2.44. The molecule has 0 aromatic rings. The van der Waals surface area contributed by atoms with Crippen molar-refractivity contribution in [3.63, 3.8) is 0 Å². The van der Waals surface area contributed by atoms with Crippen molar-refractivity contribution in [3.05, 3.63) is 0 Å². The van der Waals surface area contributed by atoms with Gasteiger partial charge < -0.3 is 51.7 Å². The number of hydrogen-bond acceptors (Lipinski definition) is 10. The summed E-state index contributed by atoms with van der Waals surface area (Å²) in [5.41, 5.74) is 3.52. The monoisotopic (exact) mass is 486 g/mol. The maximum absolute atomic E-state index is 11.6. The zero-order valence-electron chi connectivity index (χ0n) is 15.8. The molecule has 1 rings (SSSR count). The van der Waals surface area contributed by atoms with E-state index in [4.69, 9.17) is 35.9 Å². The second kappa shape index (κ2) is 11.9. The molecular formula is C15H23BrN2O9S. The van der Waals surface area contributed by atoms with Crippen molar-refractivity contribution in [1.29, 1.82) is 0 Å². The Labute approximate surface area is 177 Å². The Morgan fingerprint density at radius 3 is 1.79 bits per heavy atom. The summed E-state index contributed by atoms with van der Waals surface area (Å²) < 4.78 is 26.3. The van der Waals surface area contributed by atoms with Gasteiger partial charge in [-0.3, -0.25) is 19.2 Å². The molecule has 0 saturated carbocycles. The number of carbonyl (C=O) groups is 4. The number of hydrogen-bond donors (Lipinski definition) is 2. The Hall–Kier alpha value is -1.83. The van der Waals surface area contributed by atoms with Crippen molar-refractivity contribution >= 4 is 41.2 Å². The Morgan fingerprint density at radius 1 is 0.893 bits per heavy atom. The lowest BCUT2D eigenvalue weighted by Crippen LogP contribution is -3.00. The molecule has 160 valence electrons. The van der Waals surface area contributed by atoms with E-state index in [1.165, 1.54) is 6.92 Å². The highest BCUT2D eigenvalue weighted by Gasteiger charge is 2.52. The van der Waals surface area contributed by atoms with Gasteiger partial charge in [0.25, 0.3) is 5.11 Å². The Morgan fingerprint density at radius 2 is 1.36 bits per heavy atom. The standard InChI is InChI=1S/C15H22N2O9S.BrH/c1-6(18)22-5-10-11(23-7(2)19)12(24-8(3)20)13(25-9(4)21)14(26-10)17-15(16)27;/h10-14H,5H2,1-4H3,(H3,16,17,27);1H/t10-,11-,12+,13-,14?;/m1./s1. The van der Waals surface area contributed by atoms with Crippen LogP contribution in [0.5, 0.6) is 0 Å². The van der Waals surface area contributed by atoms with Gasteiger partial charge in [0.1, 0.15) is 12.7 Å². The molecule has 0 amide bonds. The Kier molecular flexibility index (Phi) is 11.1. The first-order valence-corrected chi connectivity index (χ1v) is 8.35. The zero-order chi connectivity index (χ0) is 20.7. The Bertz CT molecular complexity index is 618. The van der Waals surface area contributed by atoms with Crippen LogP contribution in [0.4, 0.5) is 0 Å². The van der Waals surface area contributed by atoms with Gasteiger partial charge in [0.05, 0.1) is 0 Å². The summed E-state index contributed by atoms with van der Waals surface area (Å²) in [7, 11) is 0. The molecular weight excluding hydrogens is 464 g/mol. The summed E-state index contributed by atoms with van der Waals surface area (Å²) in [5.74, 6) is -2.70. The highest BCUT2D eigenvalue weighted by atomic mass is 79.9. The molecule has 0 bridgehead atoms. The predicted octanol–water partition coefficient (Wildman–Crippen LogP) is -4.81. The second-order valence-electron chi connectivity index (χ2n) is 5.69. The molecule has 1 unspecified atom stereocenters. The van der Waals surface area contributed by atoms with Crippen LogP contribution in [0.3, 0.4) is 0 Å². The fraction of sp³-hybridized carbons (Fsp3) is 0.667. The van der Waals surface area contributed by atoms with E-state index >= 15 is 0 Å². The third-order valence-electron chi connectivity index (χ3n) is 3.29. The van der Waals surface area contributed by atoms with Gasteiger partial charge in [-0.05, 0) is 0 Å². The third-order valence-corrected chi connectivity index (χ3v) is 3.41. The molecule has 0 radical (unpaired) electrons. The first-order chi connectivity index (χ1) is 12.5. The molecule has 13 heteroatoms. The van der Waals surface area contributed by atoms with Gasteiger partial charge in [0.2, 0.25) is 0 Å². The summed E-state index contributed by atoms with van der Waals surface area (Å²) in [6.45, 7) is 4.32. The largest absolute Gasteiger partial charge is 1.00 e. The summed E-state index contributed by atoms with van der Waals surface area (Å²) in [6.07, 6.45) is -5.76. The number of halogens is 1. The highest BCUT2D eigenvalue weighted by molar-refractivity contribution is 7.79. The van der Waals surface area contributed by atoms with E-state index in [1.54, 1.807) is 0 Å². The van der Waals surface area contributed by atoms with E-state index in [2.05, 4.69) is 11.1 Å². The van der Waals surface area contributed by atoms with Crippen LogP contribution in [0, 0.1) is 0 Å². The Balaban J connectivity index is 0.00000729. The number of quaternary nitrogens is 1. The van der Waals surface area contributed by atoms with Crippen molar-refractivity contribution in [1.82, 2.24) is 5.32 Å². The predicted molar refractivity (Wildman–Crippen MR) is 90.6 cm³/mol. The van der Waals surface area contributed by atoms with Crippen LogP contribution >= 0.6 is 12.2 Å². The van der Waals surface area contributed by atoms with E-state index in [-0.39, 0.29) is 28.7 Å². The average molecular weight is 487 g/mol. The zero-order valence-corrected chi connectivity index (χ0v) is 18.2. The number of esters is 4. The molecule has 0 aromatic heterocycles. The van der Waals surface area contributed by atoms with Crippen LogP contribution in [0.15, 0.2) is 0 Å². The molecule has 1 aliphatic heterocycles. The summed E-state index contributed by atoms with van der Waals surface area (Å²) in [6, 6.07) is 0. The number of ether oxygens (including phenoxy) is 5. The minimum atomic E-state index is -1.24. The molecule has 28 heavy (non-hydrogen) atoms. The fourth-order valence-electron chi connectivity index (χ4n) is 2.50. The molecule has 1 saturated heterocycles. The quantitative estimate of drug-likeness (QED) is 0.211. The molecule has 0 aliphatic carbocycles. The maximum atomic E-state index is 11.6. The molecule has 1 fully saturated rings. The second-order valence-corrected chi connectivity index (χ2v) is 6.18. The molecule has 1 heterocycles. The summed E-state index contributed by atoms with van der Waals surface area (Å²) in [4.78, 5) is 45.8. The highest BCUT2D eigenvalue weighted by Crippen LogP contribution is 2.28. The van der Waals surface area contributed by atoms with Crippen LogP contribution in [-0.2, 0) is 42.9 Å². The van der Waals surface area contributed by atoms with Crippen LogP contribution in [0.25, 0.3) is 0 Å². The van der Waals surface area contributed by atoms with Crippen molar-refractivity contribution in [2.45, 2.75) is 58.3 Å². The van der Waals surface area contributed by atoms with Crippen LogP contribution in [0.1, 0.15) is 27.7 Å². The SMILES string of the molecule is CC(=O)OC[C@H]1OC(NC([NH3+])=S)[C@H](OC(C)=O)[C@@H](OC(C)=O)[C@@H]1OC(C)=O.[Br-]. The van der Waals surface area contributed by atoms with E-state index in [9.17, 15) is 19.2 Å². The van der Waals surface area contributed by atoms with Gasteiger partial charge in [-0.15, -0.1) is 0 Å². The molecule has 0 spiro atoms. The summed E-state index contributed by atoms with van der Waals surface area (Å²) in [5, 5.41) is 2.75. The molecule has 5 atom stereocenters. The lowest BCUT2D eigenvalue weighted by molar-refractivity contribution is -0.264. The van der Waals surface area contributed by atoms with Crippen molar-refractivity contribution in [2.75, 3.05) is 6.61 Å². The normalized spacial score (nSPS) is 26.1. The van der Waals surface area contributed by atoms with Gasteiger partial charge in [0, 0.05) is 39.9 Å². The van der Waals surface area contributed by atoms with E-state index in [1.807, 2.05) is 0 Å². The van der Waals surface area contributed by atoms with Crippen molar-refractivity contribution < 1.29 is 65.6 Å². The smallest absolute Gasteiger partial charge is 0.303 e. The van der Waals surface area contributed by atoms with Crippen LogP contribution in [-0.4, -0.2) is 66.2 Å². The number of rotatable bonds is 6. The summed E-state index contributed by atoms with van der Waals surface area (Å²) >= 11 is 4.89. The molecule has 4 N–H and O–H groups in total. The molecule has 0 aromatic carbocycles. The van der Waals surface area contributed by atoms with Gasteiger partial charge in [-0.25, -0.2) is 0 Å². The van der Waals surface area contributed by atoms with Gasteiger partial charge in [-0.2, -0.15) is 0 Å². The molecule has 1 aliphatic rings. The lowest BCUT2D eigenvalue weighted by atomic mass is 9.97. The fourth-order valence-corrected chi connectivity index (χ4v) is 2.62. The van der Waals surface area contributed by atoms with Gasteiger partial charge in [-0.1, -0.05) is 0 Å². The van der Waals surface area contributed by atoms with Gasteiger partial charge >= 0.3 is 23.9 Å². The maximum Gasteiger partial charge on any atom is 0.303 e. The first-order valence-electron chi connectivity index (χ1n) is 7.94. The van der Waals surface area contributed by atoms with E-state index < -0.39 is 54.5 Å². The first kappa shape index (κ1) is 26.2. The van der Waals surface area contributed by atoms with Crippen LogP contribution < -0.4 is 28.0 Å². The van der Waals surface area contributed by atoms with Crippen LogP contribution in [0.2, 0.25) is 0 Å². The number of nitrogens with one attached hydrogen (secondary N) is 1. The third kappa shape index (κ3) is 8.46. The van der Waals surface area contributed by atoms with Gasteiger partial charge in [0.15, 0.2) is 24.5 Å². The van der Waals surface area contributed by atoms with E-state index in [0.717, 1.165) is 20.8 Å². The van der Waals surface area contributed by atoms with Crippen molar-refractivity contribution in [3.8, 4) is 0 Å². The van der Waals surface area contributed by atoms with Crippen molar-refractivity contribution in [2.24, 2.45) is 0 Å². The average Bonchev–Trinajstić information content (AvgIpc) is 2.49. The minimum Gasteiger partial charge on any atom is -1.00 e. The topological polar surface area (TPSA) is 154 Å². The number of thiocarbonyl (C=S) groups is 1. The molecule has 11 nitrogen and oxygen atoms in total. The minimum absolute atomic E-state index is 0. The number of carbonyl (C=O) groups excluding carboxylic acids is 4.